The summed E-state index contributed by atoms with van der Waals surface area (Å²) in [4.78, 5) is 53.6. The second-order valence-corrected chi connectivity index (χ2v) is 5.25. The van der Waals surface area contributed by atoms with E-state index in [2.05, 4.69) is 4.98 Å². The molecule has 30 heavy (non-hydrogen) atoms. The van der Waals surface area contributed by atoms with Crippen LogP contribution in [0.15, 0.2) is 36.7 Å². The lowest BCUT2D eigenvalue weighted by molar-refractivity contribution is -0.404. The van der Waals surface area contributed by atoms with Crippen LogP contribution in [-0.4, -0.2) is 43.7 Å². The van der Waals surface area contributed by atoms with Gasteiger partial charge in [-0.25, -0.2) is 0 Å². The molecule has 0 aliphatic carbocycles. The Morgan fingerprint density at radius 2 is 1.60 bits per heavy atom. The van der Waals surface area contributed by atoms with Crippen molar-refractivity contribution in [1.82, 2.24) is 4.98 Å². The van der Waals surface area contributed by atoms with Crippen LogP contribution in [0.25, 0.3) is 0 Å². The molecule has 0 radical (unpaired) electrons. The number of nitrogens with zero attached hydrogens (tertiary/aromatic N) is 4. The fourth-order valence-electron chi connectivity index (χ4n) is 2.05. The Balaban J connectivity index is 0.000000303. The van der Waals surface area contributed by atoms with E-state index in [1.54, 1.807) is 19.1 Å². The number of hydrogen-bond acceptors (Lipinski definition) is 11. The summed E-state index contributed by atoms with van der Waals surface area (Å²) in [5.74, 6) is -2.56. The number of nitro groups is 3. The number of non-ortho nitro benzene ring substituents is 1. The third-order valence-electron chi connectivity index (χ3n) is 3.40. The van der Waals surface area contributed by atoms with E-state index in [1.165, 1.54) is 12.4 Å². The molecule has 1 unspecified atom stereocenters. The first kappa shape index (κ1) is 23.5. The average molecular weight is 422 g/mol. The van der Waals surface area contributed by atoms with Crippen LogP contribution in [0.2, 0.25) is 0 Å². The highest BCUT2D eigenvalue weighted by Crippen LogP contribution is 2.38. The van der Waals surface area contributed by atoms with Crippen molar-refractivity contribution in [2.45, 2.75) is 12.8 Å². The van der Waals surface area contributed by atoms with Crippen molar-refractivity contribution in [3.63, 3.8) is 0 Å². The van der Waals surface area contributed by atoms with Crippen LogP contribution >= 0.6 is 0 Å². The largest absolute Gasteiger partial charge is 0.497 e. The molecule has 2 rings (SSSR count). The summed E-state index contributed by atoms with van der Waals surface area (Å²) in [6.07, 6.45) is 3.64. The van der Waals surface area contributed by atoms with Gasteiger partial charge in [-0.1, -0.05) is 0 Å². The normalized spacial score (nSPS) is 10.7. The van der Waals surface area contributed by atoms with E-state index >= 15 is 0 Å². The van der Waals surface area contributed by atoms with Gasteiger partial charge >= 0.3 is 17.3 Å². The summed E-state index contributed by atoms with van der Waals surface area (Å²) in [5, 5.41) is 40.2. The topological polar surface area (TPSA) is 206 Å². The van der Waals surface area contributed by atoms with Crippen molar-refractivity contribution in [3.05, 3.63) is 72.6 Å². The SMILES string of the molecule is CCOC(=O)C(C=O)c1ccncc1.O=[N+]([O-])c1cc([N+](=O)[O-])c(O)c([N+](=O)[O-])c1. The molecular formula is C16H14N4O10. The molecule has 0 aliphatic heterocycles. The zero-order valence-electron chi connectivity index (χ0n) is 15.2. The van der Waals surface area contributed by atoms with Gasteiger partial charge in [0.25, 0.3) is 11.4 Å². The van der Waals surface area contributed by atoms with Gasteiger partial charge in [-0.2, -0.15) is 0 Å². The number of esters is 1. The Kier molecular flexibility index (Phi) is 8.43. The van der Waals surface area contributed by atoms with Crippen LogP contribution in [-0.2, 0) is 14.3 Å². The minimum Gasteiger partial charge on any atom is -0.497 e. The molecule has 2 aromatic rings. The van der Waals surface area contributed by atoms with E-state index in [0.717, 1.165) is 0 Å². The molecule has 1 heterocycles. The van der Waals surface area contributed by atoms with Crippen molar-refractivity contribution >= 4 is 29.3 Å². The van der Waals surface area contributed by atoms with Gasteiger partial charge in [0, 0.05) is 12.4 Å². The van der Waals surface area contributed by atoms with Gasteiger partial charge in [0.05, 0.1) is 33.5 Å². The molecular weight excluding hydrogens is 408 g/mol. The zero-order chi connectivity index (χ0) is 22.8. The van der Waals surface area contributed by atoms with Crippen LogP contribution in [0, 0.1) is 30.3 Å². The van der Waals surface area contributed by atoms with Gasteiger partial charge in [0.2, 0.25) is 0 Å². The van der Waals surface area contributed by atoms with Crippen LogP contribution in [0.1, 0.15) is 18.4 Å². The first-order valence-corrected chi connectivity index (χ1v) is 7.96. The first-order chi connectivity index (χ1) is 14.1. The fraction of sp³-hybridized carbons (Fsp3) is 0.188. The molecule has 14 heteroatoms. The molecule has 1 aromatic carbocycles. The standard InChI is InChI=1S/C10H11NO3.C6H3N3O7/c1-2-14-10(13)9(7-12)8-3-5-11-6-4-8;10-6-4(8(13)14)1-3(7(11)12)2-5(6)9(15)16/h3-7,9H,2H2,1H3;1-2,10H. The molecule has 0 amide bonds. The number of hydrogen-bond donors (Lipinski definition) is 1. The van der Waals surface area contributed by atoms with Crippen molar-refractivity contribution < 1.29 is 34.2 Å². The molecule has 14 nitrogen and oxygen atoms in total. The second kappa shape index (κ2) is 10.7. The molecule has 0 aliphatic rings. The van der Waals surface area contributed by atoms with Crippen LogP contribution in [0.3, 0.4) is 0 Å². The van der Waals surface area contributed by atoms with Crippen LogP contribution in [0.4, 0.5) is 17.1 Å². The minimum absolute atomic E-state index is 0.272. The molecule has 0 fully saturated rings. The highest BCUT2D eigenvalue weighted by molar-refractivity contribution is 5.94. The smallest absolute Gasteiger partial charge is 0.324 e. The van der Waals surface area contributed by atoms with Crippen LogP contribution in [0.5, 0.6) is 5.75 Å². The van der Waals surface area contributed by atoms with E-state index in [9.17, 15) is 39.9 Å². The Bertz CT molecular complexity index is 929. The number of ether oxygens (including phenoxy) is 1. The molecule has 1 N–H and O–H groups in total. The number of phenols is 1. The lowest BCUT2D eigenvalue weighted by Gasteiger charge is -2.08. The number of benzene rings is 1. The molecule has 0 spiro atoms. The van der Waals surface area contributed by atoms with Crippen molar-refractivity contribution in [2.75, 3.05) is 6.61 Å². The predicted molar refractivity (Wildman–Crippen MR) is 97.7 cm³/mol. The van der Waals surface area contributed by atoms with E-state index in [0.29, 0.717) is 24.0 Å². The summed E-state index contributed by atoms with van der Waals surface area (Å²) >= 11 is 0. The van der Waals surface area contributed by atoms with Crippen molar-refractivity contribution in [2.24, 2.45) is 0 Å². The monoisotopic (exact) mass is 422 g/mol. The molecule has 0 saturated heterocycles. The Hall–Kier alpha value is -4.49. The quantitative estimate of drug-likeness (QED) is 0.224. The molecule has 0 bridgehead atoms. The first-order valence-electron chi connectivity index (χ1n) is 7.96. The van der Waals surface area contributed by atoms with Gasteiger partial charge in [-0.05, 0) is 24.6 Å². The average Bonchev–Trinajstić information content (AvgIpc) is 2.69. The van der Waals surface area contributed by atoms with Gasteiger partial charge < -0.3 is 14.6 Å². The Morgan fingerprint density at radius 1 is 1.10 bits per heavy atom. The predicted octanol–water partition coefficient (Wildman–Crippen LogP) is 2.04. The highest BCUT2D eigenvalue weighted by atomic mass is 16.6. The maximum absolute atomic E-state index is 11.3. The zero-order valence-corrected chi connectivity index (χ0v) is 15.2. The van der Waals surface area contributed by atoms with E-state index in [1.807, 2.05) is 0 Å². The number of aromatic hydroxyl groups is 1. The second-order valence-electron chi connectivity index (χ2n) is 5.25. The molecule has 0 saturated carbocycles. The van der Waals surface area contributed by atoms with E-state index < -0.39 is 49.5 Å². The summed E-state index contributed by atoms with van der Waals surface area (Å²) < 4.78 is 4.76. The number of rotatable bonds is 7. The van der Waals surface area contributed by atoms with Crippen LogP contribution < -0.4 is 0 Å². The third-order valence-corrected chi connectivity index (χ3v) is 3.40. The number of nitro benzene ring substituents is 3. The lowest BCUT2D eigenvalue weighted by Crippen LogP contribution is -2.17. The van der Waals surface area contributed by atoms with E-state index in [4.69, 9.17) is 9.84 Å². The molecule has 158 valence electrons. The molecule has 1 aromatic heterocycles. The fourth-order valence-corrected chi connectivity index (χ4v) is 2.05. The number of carbonyl (C=O) groups excluding carboxylic acids is 2. The Morgan fingerprint density at radius 3 is 1.97 bits per heavy atom. The van der Waals surface area contributed by atoms with Crippen molar-refractivity contribution in [3.8, 4) is 5.75 Å². The van der Waals surface area contributed by atoms with Gasteiger partial charge in [-0.15, -0.1) is 0 Å². The number of aromatic nitrogens is 1. The highest BCUT2D eigenvalue weighted by Gasteiger charge is 2.30. The lowest BCUT2D eigenvalue weighted by atomic mass is 10.0. The maximum Gasteiger partial charge on any atom is 0.324 e. The summed E-state index contributed by atoms with van der Waals surface area (Å²) in [5.41, 5.74) is -2.40. The summed E-state index contributed by atoms with van der Waals surface area (Å²) in [7, 11) is 0. The van der Waals surface area contributed by atoms with Gasteiger partial charge in [0.15, 0.2) is 0 Å². The maximum atomic E-state index is 11.3. The number of carbonyl (C=O) groups is 2. The third kappa shape index (κ3) is 6.01. The van der Waals surface area contributed by atoms with Gasteiger partial charge in [0.1, 0.15) is 12.2 Å². The number of aldehydes is 1. The molecule has 1 atom stereocenters. The summed E-state index contributed by atoms with van der Waals surface area (Å²) in [6, 6.07) is 4.14. The summed E-state index contributed by atoms with van der Waals surface area (Å²) in [6.45, 7) is 1.97. The minimum atomic E-state index is -1.21. The number of pyridine rings is 1. The van der Waals surface area contributed by atoms with Crippen molar-refractivity contribution in [1.29, 1.82) is 0 Å². The Labute approximate surface area is 167 Å². The number of phenolic OH excluding ortho intramolecular Hbond substituents is 1. The van der Waals surface area contributed by atoms with E-state index in [-0.39, 0.29) is 6.61 Å². The van der Waals surface area contributed by atoms with Gasteiger partial charge in [-0.3, -0.25) is 40.1 Å².